The molecule has 0 unspecified atom stereocenters. The van der Waals surface area contributed by atoms with Crippen LogP contribution in [0.2, 0.25) is 0 Å². The zero-order chi connectivity index (χ0) is 25.1. The molecule has 5 aromatic rings. The quantitative estimate of drug-likeness (QED) is 0.318. The van der Waals surface area contributed by atoms with Gasteiger partial charge in [-0.15, -0.1) is 10.2 Å². The highest BCUT2D eigenvalue weighted by Gasteiger charge is 2.19. The molecule has 2 aromatic heterocycles. The minimum absolute atomic E-state index is 0.221. The Morgan fingerprint density at radius 1 is 0.861 bits per heavy atom. The lowest BCUT2D eigenvalue weighted by atomic mass is 10.1. The van der Waals surface area contributed by atoms with Crippen LogP contribution in [0, 0.1) is 0 Å². The second kappa shape index (κ2) is 10.1. The Morgan fingerprint density at radius 2 is 1.56 bits per heavy atom. The van der Waals surface area contributed by atoms with Crippen molar-refractivity contribution in [2.45, 2.75) is 6.61 Å². The van der Waals surface area contributed by atoms with Crippen LogP contribution in [0.15, 0.2) is 71.5 Å². The van der Waals surface area contributed by atoms with Crippen molar-refractivity contribution in [3.8, 4) is 34.4 Å². The van der Waals surface area contributed by atoms with Gasteiger partial charge in [-0.25, -0.2) is 4.40 Å². The molecule has 0 aliphatic carbocycles. The molecule has 0 atom stereocenters. The highest BCUT2D eigenvalue weighted by molar-refractivity contribution is 7.15. The van der Waals surface area contributed by atoms with Gasteiger partial charge in [-0.1, -0.05) is 59.9 Å². The summed E-state index contributed by atoms with van der Waals surface area (Å²) in [6.07, 6.45) is 1.82. The minimum atomic E-state index is -0.221. The van der Waals surface area contributed by atoms with Gasteiger partial charge in [0.2, 0.25) is 10.7 Å². The fourth-order valence-electron chi connectivity index (χ4n) is 3.87. The maximum Gasteiger partial charge on any atom is 0.276 e. The Labute approximate surface area is 211 Å². The fraction of sp³-hybridized carbons (Fsp3) is 0.148. The van der Waals surface area contributed by atoms with Crippen LogP contribution in [0.25, 0.3) is 22.4 Å². The fourth-order valence-corrected chi connectivity index (χ4v) is 4.77. The molecule has 0 spiro atoms. The molecule has 2 heterocycles. The van der Waals surface area contributed by atoms with Crippen molar-refractivity contribution in [2.24, 2.45) is 0 Å². The average molecular weight is 502 g/mol. The molecule has 0 saturated carbocycles. The smallest absolute Gasteiger partial charge is 0.276 e. The van der Waals surface area contributed by atoms with Crippen molar-refractivity contribution in [2.75, 3.05) is 21.3 Å². The average Bonchev–Trinajstić information content (AvgIpc) is 3.47. The van der Waals surface area contributed by atoms with Crippen LogP contribution < -0.4 is 29.0 Å². The molecule has 0 amide bonds. The Morgan fingerprint density at radius 3 is 2.25 bits per heavy atom. The van der Waals surface area contributed by atoms with Crippen molar-refractivity contribution < 1.29 is 18.9 Å². The monoisotopic (exact) mass is 501 g/mol. The number of methoxy groups -OCH3 is 3. The number of para-hydroxylation sites is 1. The van der Waals surface area contributed by atoms with Crippen LogP contribution in [0.4, 0.5) is 0 Å². The van der Waals surface area contributed by atoms with Crippen molar-refractivity contribution in [3.05, 3.63) is 92.7 Å². The van der Waals surface area contributed by atoms with Crippen LogP contribution in [-0.4, -0.2) is 35.9 Å². The summed E-state index contributed by atoms with van der Waals surface area (Å²) in [5, 5.41) is 8.49. The number of rotatable bonds is 8. The Hall–Kier alpha value is -4.37. The first kappa shape index (κ1) is 23.4. The van der Waals surface area contributed by atoms with E-state index in [2.05, 4.69) is 10.2 Å². The van der Waals surface area contributed by atoms with Crippen LogP contribution >= 0.6 is 11.3 Å². The van der Waals surface area contributed by atoms with E-state index >= 15 is 0 Å². The van der Waals surface area contributed by atoms with Crippen molar-refractivity contribution in [3.63, 3.8) is 0 Å². The van der Waals surface area contributed by atoms with Gasteiger partial charge in [0.15, 0.2) is 17.3 Å². The van der Waals surface area contributed by atoms with E-state index in [-0.39, 0.29) is 5.56 Å². The molecule has 0 aliphatic heterocycles. The first-order chi connectivity index (χ1) is 17.6. The second-order valence-electron chi connectivity index (χ2n) is 7.78. The van der Waals surface area contributed by atoms with Crippen LogP contribution in [-0.2, 0) is 6.61 Å². The lowest BCUT2D eigenvalue weighted by Gasteiger charge is -2.13. The summed E-state index contributed by atoms with van der Waals surface area (Å²) in [4.78, 5) is 13.9. The van der Waals surface area contributed by atoms with Crippen LogP contribution in [0.3, 0.4) is 0 Å². The normalized spacial score (nSPS) is 11.6. The summed E-state index contributed by atoms with van der Waals surface area (Å²) < 4.78 is 24.4. The number of fused-ring (bicyclic) bond motifs is 1. The Balaban J connectivity index is 1.56. The minimum Gasteiger partial charge on any atom is -0.493 e. The van der Waals surface area contributed by atoms with Gasteiger partial charge in [0, 0.05) is 11.1 Å². The maximum atomic E-state index is 13.4. The number of aromatic nitrogens is 3. The van der Waals surface area contributed by atoms with Crippen molar-refractivity contribution in [1.29, 1.82) is 0 Å². The molecule has 0 fully saturated rings. The molecular weight excluding hydrogens is 478 g/mol. The van der Waals surface area contributed by atoms with Gasteiger partial charge in [-0.3, -0.25) is 4.79 Å². The SMILES string of the molecule is COc1cc(-c2nnc3s/c(=C/c4ccccc4OCc4ccccc4)c(=O)n23)cc(OC)c1OC. The molecule has 8 nitrogen and oxygen atoms in total. The predicted octanol–water partition coefficient (Wildman–Crippen LogP) is 3.97. The second-order valence-corrected chi connectivity index (χ2v) is 8.79. The number of hydrogen-bond donors (Lipinski definition) is 0. The molecule has 36 heavy (non-hydrogen) atoms. The highest BCUT2D eigenvalue weighted by atomic mass is 32.1. The Bertz CT molecular complexity index is 1600. The lowest BCUT2D eigenvalue weighted by molar-refractivity contribution is 0.305. The van der Waals surface area contributed by atoms with E-state index in [1.54, 1.807) is 12.1 Å². The number of thiazole rings is 1. The molecule has 0 bridgehead atoms. The van der Waals surface area contributed by atoms with E-state index in [1.165, 1.54) is 37.1 Å². The summed E-state index contributed by atoms with van der Waals surface area (Å²) in [6, 6.07) is 21.0. The molecule has 0 N–H and O–H groups in total. The number of ether oxygens (including phenoxy) is 4. The summed E-state index contributed by atoms with van der Waals surface area (Å²) in [7, 11) is 4.61. The van der Waals surface area contributed by atoms with E-state index in [0.29, 0.717) is 50.5 Å². The summed E-state index contributed by atoms with van der Waals surface area (Å²) in [6.45, 7) is 0.429. The molecule has 3 aromatic carbocycles. The van der Waals surface area contributed by atoms with E-state index in [0.717, 1.165) is 11.1 Å². The first-order valence-corrected chi connectivity index (χ1v) is 11.9. The summed E-state index contributed by atoms with van der Waals surface area (Å²) in [5.41, 5.74) is 2.26. The van der Waals surface area contributed by atoms with Gasteiger partial charge >= 0.3 is 0 Å². The highest BCUT2D eigenvalue weighted by Crippen LogP contribution is 2.40. The standard InChI is InChI=1S/C27H23N3O5S/c1-32-21-13-19(14-22(33-2)24(21)34-3)25-28-29-27-30(25)26(31)23(36-27)15-18-11-7-8-12-20(18)35-16-17-9-5-4-6-10-17/h4-15H,16H2,1-3H3/b23-15+. The van der Waals surface area contributed by atoms with E-state index in [1.807, 2.05) is 60.7 Å². The van der Waals surface area contributed by atoms with E-state index < -0.39 is 0 Å². The van der Waals surface area contributed by atoms with Gasteiger partial charge < -0.3 is 18.9 Å². The third-order valence-corrected chi connectivity index (χ3v) is 6.57. The number of nitrogens with zero attached hydrogens (tertiary/aromatic N) is 3. The Kier molecular flexibility index (Phi) is 6.55. The van der Waals surface area contributed by atoms with Crippen molar-refractivity contribution >= 4 is 22.4 Å². The lowest BCUT2D eigenvalue weighted by Crippen LogP contribution is -2.23. The summed E-state index contributed by atoms with van der Waals surface area (Å²) in [5.74, 6) is 2.46. The summed E-state index contributed by atoms with van der Waals surface area (Å²) >= 11 is 1.26. The molecule has 9 heteroatoms. The third-order valence-electron chi connectivity index (χ3n) is 5.61. The van der Waals surface area contributed by atoms with Gasteiger partial charge in [0.1, 0.15) is 12.4 Å². The van der Waals surface area contributed by atoms with Gasteiger partial charge in [0.05, 0.1) is 25.9 Å². The van der Waals surface area contributed by atoms with Gasteiger partial charge in [0.25, 0.3) is 5.56 Å². The molecule has 182 valence electrons. The zero-order valence-electron chi connectivity index (χ0n) is 19.9. The first-order valence-electron chi connectivity index (χ1n) is 11.1. The third kappa shape index (κ3) is 4.36. The number of benzene rings is 3. The molecule has 0 saturated heterocycles. The topological polar surface area (TPSA) is 84.2 Å². The predicted molar refractivity (Wildman–Crippen MR) is 138 cm³/mol. The number of hydrogen-bond acceptors (Lipinski definition) is 8. The van der Waals surface area contributed by atoms with Crippen LogP contribution in [0.1, 0.15) is 11.1 Å². The van der Waals surface area contributed by atoms with Crippen LogP contribution in [0.5, 0.6) is 23.0 Å². The van der Waals surface area contributed by atoms with Gasteiger partial charge in [-0.05, 0) is 29.8 Å². The van der Waals surface area contributed by atoms with E-state index in [9.17, 15) is 4.79 Å². The van der Waals surface area contributed by atoms with Crippen molar-refractivity contribution in [1.82, 2.24) is 14.6 Å². The zero-order valence-corrected chi connectivity index (χ0v) is 20.7. The van der Waals surface area contributed by atoms with E-state index in [4.69, 9.17) is 18.9 Å². The largest absolute Gasteiger partial charge is 0.493 e. The maximum absolute atomic E-state index is 13.4. The van der Waals surface area contributed by atoms with Gasteiger partial charge in [-0.2, -0.15) is 0 Å². The molecular formula is C27H23N3O5S. The molecule has 5 rings (SSSR count). The molecule has 0 radical (unpaired) electrons. The molecule has 0 aliphatic rings.